The summed E-state index contributed by atoms with van der Waals surface area (Å²) in [5, 5.41) is 9.85. The number of hydrogen-bond donors (Lipinski definition) is 3. The molecule has 0 aliphatic rings. The number of carbonyl (C=O) groups excluding carboxylic acids is 1. The number of nitrogens with two attached hydrogens (primary N) is 1. The fourth-order valence-electron chi connectivity index (χ4n) is 0.245. The van der Waals surface area contributed by atoms with Crippen LogP contribution in [0.4, 0.5) is 0 Å². The molecule has 0 amide bonds. The van der Waals surface area contributed by atoms with Gasteiger partial charge in [-0.2, -0.15) is 0 Å². The molecular weight excluding hydrogens is 216 g/mol. The van der Waals surface area contributed by atoms with Crippen LogP contribution >= 0.6 is 7.82 Å². The topological polar surface area (TPSA) is 133 Å². The van der Waals surface area contributed by atoms with Gasteiger partial charge in [0.15, 0.2) is 0 Å². The van der Waals surface area contributed by atoms with Crippen LogP contribution in [0.5, 0.6) is 0 Å². The summed E-state index contributed by atoms with van der Waals surface area (Å²) in [5.41, 5.74) is 4.79. The number of aliphatic carboxylic acids is 1. The van der Waals surface area contributed by atoms with Crippen molar-refractivity contribution in [1.82, 2.24) is 0 Å². The van der Waals surface area contributed by atoms with Gasteiger partial charge < -0.3 is 25.4 Å². The molecule has 1 atom stereocenters. The molecule has 0 aliphatic heterocycles. The maximum Gasteiger partial charge on any atom is 1.00 e. The van der Waals surface area contributed by atoms with Gasteiger partial charge in [-0.15, -0.1) is 0 Å². The maximum absolute atomic E-state index is 9.96. The van der Waals surface area contributed by atoms with Crippen LogP contribution in [0, 0.1) is 0 Å². The van der Waals surface area contributed by atoms with Crippen molar-refractivity contribution in [2.24, 2.45) is 5.73 Å². The second-order valence-electron chi connectivity index (χ2n) is 1.71. The molecule has 0 saturated heterocycles. The minimum absolute atomic E-state index is 0. The van der Waals surface area contributed by atoms with E-state index in [1.807, 2.05) is 0 Å². The fourth-order valence-corrected chi connectivity index (χ4v) is 0.600. The van der Waals surface area contributed by atoms with E-state index in [0.29, 0.717) is 0 Å². The van der Waals surface area contributed by atoms with Crippen LogP contribution in [0.3, 0.4) is 0 Å². The van der Waals surface area contributed by atoms with E-state index in [0.717, 1.165) is 0 Å². The van der Waals surface area contributed by atoms with Gasteiger partial charge in [-0.1, -0.05) is 0 Å². The second kappa shape index (κ2) is 6.60. The van der Waals surface area contributed by atoms with Crippen LogP contribution in [-0.4, -0.2) is 28.4 Å². The van der Waals surface area contributed by atoms with Gasteiger partial charge in [0, 0.05) is 0 Å². The standard InChI is InChI=1S/C3H8NO6P.K/c4-2(3(5)6)1-10-11(7,8)9;/h2H,1,4H2,(H,5,6)(H2,7,8,9);/q;+1/p-1/t2-;/m0./s1. The average molecular weight is 223 g/mol. The van der Waals surface area contributed by atoms with Crippen molar-refractivity contribution in [2.75, 3.05) is 6.61 Å². The summed E-state index contributed by atoms with van der Waals surface area (Å²) in [4.78, 5) is 26.0. The number of hydrogen-bond acceptors (Lipinski definition) is 5. The van der Waals surface area contributed by atoms with Crippen molar-refractivity contribution in [3.63, 3.8) is 0 Å². The van der Waals surface area contributed by atoms with E-state index in [1.165, 1.54) is 0 Å². The minimum atomic E-state index is -4.63. The molecule has 4 N–H and O–H groups in total. The average Bonchev–Trinajstić information content (AvgIpc) is 1.80. The van der Waals surface area contributed by atoms with E-state index in [2.05, 4.69) is 4.52 Å². The Hall–Kier alpha value is 1.18. The van der Waals surface area contributed by atoms with Crippen LogP contribution in [-0.2, 0) is 13.9 Å². The van der Waals surface area contributed by atoms with Crippen LogP contribution in [0.2, 0.25) is 0 Å². The van der Waals surface area contributed by atoms with Crippen molar-refractivity contribution >= 4 is 13.8 Å². The SMILES string of the molecule is N[C@@H](COP(=O)(O)O)C(=O)[O-].[K+]. The van der Waals surface area contributed by atoms with Crippen molar-refractivity contribution in [1.29, 1.82) is 0 Å². The monoisotopic (exact) mass is 223 g/mol. The van der Waals surface area contributed by atoms with Crippen molar-refractivity contribution in [2.45, 2.75) is 6.04 Å². The summed E-state index contributed by atoms with van der Waals surface area (Å²) < 4.78 is 13.7. The van der Waals surface area contributed by atoms with Gasteiger partial charge in [0.1, 0.15) is 0 Å². The number of rotatable bonds is 4. The van der Waals surface area contributed by atoms with Crippen molar-refractivity contribution < 1.29 is 80.2 Å². The first kappa shape index (κ1) is 15.6. The van der Waals surface area contributed by atoms with Crippen molar-refractivity contribution in [3.8, 4) is 0 Å². The Labute approximate surface area is 111 Å². The largest absolute Gasteiger partial charge is 1.00 e. The third kappa shape index (κ3) is 9.27. The van der Waals surface area contributed by atoms with Gasteiger partial charge in [-0.25, -0.2) is 4.57 Å². The van der Waals surface area contributed by atoms with E-state index < -0.39 is 26.4 Å². The molecule has 0 bridgehead atoms. The number of carbonyl (C=O) groups is 1. The van der Waals surface area contributed by atoms with Crippen LogP contribution in [0.25, 0.3) is 0 Å². The summed E-state index contributed by atoms with van der Waals surface area (Å²) in [6.45, 7) is -0.771. The molecule has 0 aliphatic carbocycles. The maximum atomic E-state index is 9.96. The molecule has 0 saturated carbocycles. The summed E-state index contributed by atoms with van der Waals surface area (Å²) in [6, 6.07) is -1.53. The van der Waals surface area contributed by atoms with E-state index >= 15 is 0 Å². The zero-order valence-corrected chi connectivity index (χ0v) is 10.4. The Kier molecular flexibility index (Phi) is 8.61. The fraction of sp³-hybridized carbons (Fsp3) is 0.667. The molecule has 12 heavy (non-hydrogen) atoms. The van der Waals surface area contributed by atoms with Gasteiger partial charge in [0.25, 0.3) is 0 Å². The van der Waals surface area contributed by atoms with E-state index in [4.69, 9.17) is 15.5 Å². The predicted octanol–water partition coefficient (Wildman–Crippen LogP) is -5.82. The van der Waals surface area contributed by atoms with Crippen LogP contribution in [0.1, 0.15) is 0 Å². The minimum Gasteiger partial charge on any atom is -0.548 e. The van der Waals surface area contributed by atoms with E-state index in [-0.39, 0.29) is 51.4 Å². The molecule has 9 heteroatoms. The summed E-state index contributed by atoms with van der Waals surface area (Å²) >= 11 is 0. The van der Waals surface area contributed by atoms with Crippen LogP contribution < -0.4 is 62.2 Å². The number of carboxylic acid groups (broad SMARTS) is 1. The van der Waals surface area contributed by atoms with E-state index in [1.54, 1.807) is 0 Å². The molecule has 0 aromatic rings. The molecule has 0 fully saturated rings. The van der Waals surface area contributed by atoms with Gasteiger partial charge in [-0.05, 0) is 0 Å². The summed E-state index contributed by atoms with van der Waals surface area (Å²) in [6.07, 6.45) is 0. The van der Waals surface area contributed by atoms with Gasteiger partial charge in [0.05, 0.1) is 18.6 Å². The molecule has 0 spiro atoms. The van der Waals surface area contributed by atoms with E-state index in [9.17, 15) is 14.5 Å². The molecule has 0 rings (SSSR count). The third-order valence-electron chi connectivity index (χ3n) is 0.725. The second-order valence-corrected chi connectivity index (χ2v) is 2.95. The predicted molar refractivity (Wildman–Crippen MR) is 31.0 cm³/mol. The number of phosphoric acid groups is 1. The Morgan fingerprint density at radius 3 is 2.33 bits per heavy atom. The van der Waals surface area contributed by atoms with Crippen molar-refractivity contribution in [3.05, 3.63) is 0 Å². The first-order valence-electron chi connectivity index (χ1n) is 2.49. The molecule has 7 nitrogen and oxygen atoms in total. The normalized spacial score (nSPS) is 13.2. The van der Waals surface area contributed by atoms with Gasteiger partial charge in [0.2, 0.25) is 0 Å². The third-order valence-corrected chi connectivity index (χ3v) is 1.21. The molecule has 0 unspecified atom stereocenters. The van der Waals surface area contributed by atoms with Gasteiger partial charge >= 0.3 is 59.2 Å². The Balaban J connectivity index is 0. The first-order chi connectivity index (χ1) is 4.83. The smallest absolute Gasteiger partial charge is 0.548 e. The number of carboxylic acids is 1. The quantitative estimate of drug-likeness (QED) is 0.319. The molecule has 0 heterocycles. The zero-order chi connectivity index (χ0) is 9.07. The molecular formula is C3H7KNO6P. The van der Waals surface area contributed by atoms with Crippen LogP contribution in [0.15, 0.2) is 0 Å². The zero-order valence-electron chi connectivity index (χ0n) is 6.34. The van der Waals surface area contributed by atoms with Gasteiger partial charge in [-0.3, -0.25) is 4.52 Å². The summed E-state index contributed by atoms with van der Waals surface area (Å²) in [5.74, 6) is -1.63. The molecule has 0 aromatic heterocycles. The Morgan fingerprint density at radius 1 is 1.67 bits per heavy atom. The molecule has 66 valence electrons. The Bertz CT molecular complexity index is 191. The Morgan fingerprint density at radius 2 is 2.08 bits per heavy atom. The first-order valence-corrected chi connectivity index (χ1v) is 4.02. The molecule has 0 aromatic carbocycles. The number of phosphoric ester groups is 1. The summed E-state index contributed by atoms with van der Waals surface area (Å²) in [7, 11) is -4.63. The molecule has 0 radical (unpaired) electrons.